The average Bonchev–Trinajstić information content (AvgIpc) is 3.30. The van der Waals surface area contributed by atoms with Crippen LogP contribution in [0.4, 0.5) is 10.1 Å². The SMILES string of the molecule is CCC(C)(C)NC(=O)C(c1ccc(F)cc1)N(C(=O)Cn1nnc2ccccc21)c1cccc(C(C)=O)c1. The summed E-state index contributed by atoms with van der Waals surface area (Å²) in [5.74, 6) is -1.54. The van der Waals surface area contributed by atoms with Gasteiger partial charge in [-0.2, -0.15) is 0 Å². The van der Waals surface area contributed by atoms with Crippen molar-refractivity contribution in [2.75, 3.05) is 4.90 Å². The summed E-state index contributed by atoms with van der Waals surface area (Å²) in [6.45, 7) is 6.93. The topological polar surface area (TPSA) is 97.2 Å². The molecule has 4 rings (SSSR count). The van der Waals surface area contributed by atoms with E-state index in [1.807, 2.05) is 32.9 Å². The standard InChI is InChI=1S/C29H30FN5O3/c1-5-29(3,4)31-28(38)27(20-13-15-22(30)16-14-20)35(23-10-8-9-21(17-23)19(2)36)26(37)18-34-25-12-7-6-11-24(25)32-33-34/h6-17,27H,5,18H2,1-4H3,(H,31,38). The molecule has 0 spiro atoms. The number of fused-ring (bicyclic) bond motifs is 1. The van der Waals surface area contributed by atoms with Gasteiger partial charge in [-0.3, -0.25) is 19.3 Å². The summed E-state index contributed by atoms with van der Waals surface area (Å²) in [5.41, 5.74) is 1.88. The Balaban J connectivity index is 1.86. The fraction of sp³-hybridized carbons (Fsp3) is 0.276. The molecule has 8 nitrogen and oxygen atoms in total. The van der Waals surface area contributed by atoms with Gasteiger partial charge < -0.3 is 5.32 Å². The minimum atomic E-state index is -1.15. The Labute approximate surface area is 220 Å². The predicted molar refractivity (Wildman–Crippen MR) is 143 cm³/mol. The summed E-state index contributed by atoms with van der Waals surface area (Å²) in [6, 6.07) is 18.1. The summed E-state index contributed by atoms with van der Waals surface area (Å²) >= 11 is 0. The van der Waals surface area contributed by atoms with E-state index in [1.54, 1.807) is 36.4 Å². The normalized spacial score (nSPS) is 12.2. The van der Waals surface area contributed by atoms with Crippen LogP contribution in [-0.4, -0.2) is 38.1 Å². The van der Waals surface area contributed by atoms with Gasteiger partial charge in [-0.25, -0.2) is 9.07 Å². The largest absolute Gasteiger partial charge is 0.349 e. The Morgan fingerprint density at radius 2 is 1.74 bits per heavy atom. The molecule has 1 atom stereocenters. The van der Waals surface area contributed by atoms with Gasteiger partial charge in [0.25, 0.3) is 0 Å². The van der Waals surface area contributed by atoms with Crippen molar-refractivity contribution in [1.29, 1.82) is 0 Å². The molecule has 0 saturated heterocycles. The zero-order valence-corrected chi connectivity index (χ0v) is 21.8. The molecule has 2 amide bonds. The van der Waals surface area contributed by atoms with Crippen LogP contribution >= 0.6 is 0 Å². The first-order valence-electron chi connectivity index (χ1n) is 12.4. The Kier molecular flexibility index (Phi) is 7.66. The number of ketones is 1. The minimum Gasteiger partial charge on any atom is -0.349 e. The molecule has 0 aliphatic carbocycles. The van der Waals surface area contributed by atoms with E-state index >= 15 is 0 Å². The summed E-state index contributed by atoms with van der Waals surface area (Å²) in [5, 5.41) is 11.3. The zero-order valence-electron chi connectivity index (χ0n) is 21.8. The van der Waals surface area contributed by atoms with Crippen LogP contribution in [-0.2, 0) is 16.1 Å². The molecule has 4 aromatic rings. The van der Waals surface area contributed by atoms with Crippen molar-refractivity contribution < 1.29 is 18.8 Å². The number of anilines is 1. The lowest BCUT2D eigenvalue weighted by atomic mass is 9.98. The highest BCUT2D eigenvalue weighted by Gasteiger charge is 2.35. The van der Waals surface area contributed by atoms with E-state index in [1.165, 1.54) is 40.8 Å². The molecule has 196 valence electrons. The van der Waals surface area contributed by atoms with Crippen LogP contribution in [0.3, 0.4) is 0 Å². The van der Waals surface area contributed by atoms with Crippen molar-refractivity contribution in [3.63, 3.8) is 0 Å². The van der Waals surface area contributed by atoms with Crippen LogP contribution in [0.15, 0.2) is 72.8 Å². The van der Waals surface area contributed by atoms with Crippen LogP contribution in [0.5, 0.6) is 0 Å². The van der Waals surface area contributed by atoms with E-state index in [2.05, 4.69) is 15.6 Å². The number of hydrogen-bond donors (Lipinski definition) is 1. The molecule has 38 heavy (non-hydrogen) atoms. The Morgan fingerprint density at radius 1 is 1.03 bits per heavy atom. The second-order valence-electron chi connectivity index (χ2n) is 9.79. The number of Topliss-reactive ketones (excluding diaryl/α,β-unsaturated/α-hetero) is 1. The fourth-order valence-corrected chi connectivity index (χ4v) is 4.10. The molecule has 0 radical (unpaired) electrons. The van der Waals surface area contributed by atoms with Gasteiger partial charge in [0.05, 0.1) is 5.52 Å². The zero-order chi connectivity index (χ0) is 27.4. The number of aromatic nitrogens is 3. The quantitative estimate of drug-likeness (QED) is 0.321. The van der Waals surface area contributed by atoms with Gasteiger partial charge in [0.15, 0.2) is 5.78 Å². The molecule has 9 heteroatoms. The van der Waals surface area contributed by atoms with E-state index in [9.17, 15) is 18.8 Å². The number of halogens is 1. The lowest BCUT2D eigenvalue weighted by molar-refractivity contribution is -0.128. The highest BCUT2D eigenvalue weighted by atomic mass is 19.1. The summed E-state index contributed by atoms with van der Waals surface area (Å²) < 4.78 is 15.3. The molecule has 1 N–H and O–H groups in total. The van der Waals surface area contributed by atoms with Crippen LogP contribution in [0, 0.1) is 5.82 Å². The lowest BCUT2D eigenvalue weighted by Crippen LogP contribution is -2.51. The van der Waals surface area contributed by atoms with E-state index in [-0.39, 0.29) is 12.3 Å². The molecule has 1 heterocycles. The van der Waals surface area contributed by atoms with Gasteiger partial charge in [0, 0.05) is 16.8 Å². The van der Waals surface area contributed by atoms with Crippen molar-refractivity contribution in [3.05, 3.63) is 89.7 Å². The van der Waals surface area contributed by atoms with Crippen LogP contribution < -0.4 is 10.2 Å². The summed E-state index contributed by atoms with van der Waals surface area (Å²) in [6.07, 6.45) is 0.646. The first-order valence-corrected chi connectivity index (χ1v) is 12.4. The Hall–Kier alpha value is -4.40. The molecular weight excluding hydrogens is 485 g/mol. The van der Waals surface area contributed by atoms with E-state index in [0.717, 1.165) is 0 Å². The molecule has 0 bridgehead atoms. The van der Waals surface area contributed by atoms with Crippen LogP contribution in [0.25, 0.3) is 11.0 Å². The molecular formula is C29H30FN5O3. The number of hydrogen-bond acceptors (Lipinski definition) is 5. The lowest BCUT2D eigenvalue weighted by Gasteiger charge is -2.34. The minimum absolute atomic E-state index is 0.184. The average molecular weight is 516 g/mol. The molecule has 0 aliphatic rings. The Morgan fingerprint density at radius 3 is 2.42 bits per heavy atom. The monoisotopic (exact) mass is 515 g/mol. The molecule has 0 saturated carbocycles. The third kappa shape index (κ3) is 5.77. The van der Waals surface area contributed by atoms with Gasteiger partial charge in [-0.05, 0) is 69.2 Å². The Bertz CT molecular complexity index is 1480. The third-order valence-corrected chi connectivity index (χ3v) is 6.54. The number of benzene rings is 3. The van der Waals surface area contributed by atoms with Gasteiger partial charge >= 0.3 is 0 Å². The van der Waals surface area contributed by atoms with Gasteiger partial charge in [-0.15, -0.1) is 5.10 Å². The van der Waals surface area contributed by atoms with Crippen LogP contribution in [0.1, 0.15) is 56.1 Å². The van der Waals surface area contributed by atoms with Crippen molar-refractivity contribution in [2.45, 2.75) is 52.2 Å². The predicted octanol–water partition coefficient (Wildman–Crippen LogP) is 4.85. The second kappa shape index (κ2) is 10.9. The molecule has 3 aromatic carbocycles. The maximum atomic E-state index is 14.1. The third-order valence-electron chi connectivity index (χ3n) is 6.54. The number of nitrogens with zero attached hydrogens (tertiary/aromatic N) is 4. The van der Waals surface area contributed by atoms with Crippen molar-refractivity contribution in [3.8, 4) is 0 Å². The molecule has 0 fully saturated rings. The second-order valence-corrected chi connectivity index (χ2v) is 9.79. The highest BCUT2D eigenvalue weighted by molar-refractivity contribution is 6.03. The maximum Gasteiger partial charge on any atom is 0.249 e. The number of amides is 2. The molecule has 1 unspecified atom stereocenters. The van der Waals surface area contributed by atoms with E-state index < -0.39 is 29.2 Å². The summed E-state index contributed by atoms with van der Waals surface area (Å²) in [4.78, 5) is 41.4. The van der Waals surface area contributed by atoms with E-state index in [0.29, 0.717) is 34.3 Å². The highest BCUT2D eigenvalue weighted by Crippen LogP contribution is 2.30. The number of carbonyl (C=O) groups excluding carboxylic acids is 3. The van der Waals surface area contributed by atoms with Crippen molar-refractivity contribution >= 4 is 34.3 Å². The number of rotatable bonds is 9. The molecule has 1 aromatic heterocycles. The fourth-order valence-electron chi connectivity index (χ4n) is 4.10. The van der Waals surface area contributed by atoms with Crippen molar-refractivity contribution in [1.82, 2.24) is 20.3 Å². The smallest absolute Gasteiger partial charge is 0.249 e. The molecule has 0 aliphatic heterocycles. The van der Waals surface area contributed by atoms with Crippen molar-refractivity contribution in [2.24, 2.45) is 0 Å². The summed E-state index contributed by atoms with van der Waals surface area (Å²) in [7, 11) is 0. The maximum absolute atomic E-state index is 14.1. The van der Waals surface area contributed by atoms with E-state index in [4.69, 9.17) is 0 Å². The first kappa shape index (κ1) is 26.7. The number of para-hydroxylation sites is 1. The van der Waals surface area contributed by atoms with Crippen LogP contribution in [0.2, 0.25) is 0 Å². The number of nitrogens with one attached hydrogen (secondary N) is 1. The van der Waals surface area contributed by atoms with Gasteiger partial charge in [0.2, 0.25) is 11.8 Å². The van der Waals surface area contributed by atoms with Gasteiger partial charge in [-0.1, -0.05) is 48.5 Å². The van der Waals surface area contributed by atoms with Gasteiger partial charge in [0.1, 0.15) is 23.9 Å². The number of carbonyl (C=O) groups is 3. The first-order chi connectivity index (χ1) is 18.1.